The van der Waals surface area contributed by atoms with Crippen molar-refractivity contribution >= 4 is 10.9 Å². The molecule has 2 rings (SSSR count). The monoisotopic (exact) mass is 230 g/mol. The molecule has 0 bridgehead atoms. The summed E-state index contributed by atoms with van der Waals surface area (Å²) in [6.45, 7) is 0. The molecule has 5 nitrogen and oxygen atoms in total. The maximum Gasteiger partial charge on any atom is 0.196 e. The van der Waals surface area contributed by atoms with E-state index in [-0.39, 0.29) is 11.1 Å². The van der Waals surface area contributed by atoms with Crippen LogP contribution in [0.15, 0.2) is 29.1 Å². The van der Waals surface area contributed by atoms with E-state index in [1.165, 1.54) is 19.2 Å². The lowest BCUT2D eigenvalue weighted by atomic mass is 10.1. The van der Waals surface area contributed by atoms with Crippen molar-refractivity contribution in [3.8, 4) is 6.07 Å². The van der Waals surface area contributed by atoms with Crippen LogP contribution in [-0.4, -0.2) is 17.2 Å². The molecule has 17 heavy (non-hydrogen) atoms. The van der Waals surface area contributed by atoms with E-state index in [1.807, 2.05) is 6.07 Å². The zero-order valence-electron chi connectivity index (χ0n) is 9.10. The molecule has 1 aromatic heterocycles. The smallest absolute Gasteiger partial charge is 0.196 e. The fourth-order valence-electron chi connectivity index (χ4n) is 1.60. The van der Waals surface area contributed by atoms with E-state index < -0.39 is 6.29 Å². The molecule has 2 N–H and O–H groups in total. The first-order chi connectivity index (χ1) is 8.15. The molecule has 1 aromatic carbocycles. The van der Waals surface area contributed by atoms with Gasteiger partial charge in [0.25, 0.3) is 0 Å². The average Bonchev–Trinajstić information content (AvgIpc) is 2.37. The molecule has 0 aliphatic carbocycles. The number of methoxy groups -OCH3 is 1. The minimum Gasteiger partial charge on any atom is -0.363 e. The van der Waals surface area contributed by atoms with Crippen LogP contribution < -0.4 is 5.43 Å². The number of rotatable bonds is 2. The Labute approximate surface area is 96.9 Å². The third kappa shape index (κ3) is 2.04. The number of nitrogens with one attached hydrogen (secondary N) is 1. The van der Waals surface area contributed by atoms with Crippen LogP contribution in [-0.2, 0) is 4.74 Å². The molecule has 0 saturated carbocycles. The van der Waals surface area contributed by atoms with Crippen LogP contribution in [0.5, 0.6) is 0 Å². The van der Waals surface area contributed by atoms with Gasteiger partial charge in [-0.15, -0.1) is 0 Å². The van der Waals surface area contributed by atoms with Crippen molar-refractivity contribution < 1.29 is 9.84 Å². The molecule has 0 saturated heterocycles. The molecule has 2 aromatic rings. The van der Waals surface area contributed by atoms with Crippen molar-refractivity contribution in [3.63, 3.8) is 0 Å². The number of hydrogen-bond donors (Lipinski definition) is 2. The van der Waals surface area contributed by atoms with Gasteiger partial charge in [0, 0.05) is 24.1 Å². The molecule has 0 aliphatic heterocycles. The Morgan fingerprint density at radius 2 is 2.24 bits per heavy atom. The lowest BCUT2D eigenvalue weighted by molar-refractivity contribution is -0.0797. The fraction of sp³-hybridized carbons (Fsp3) is 0.167. The highest BCUT2D eigenvalue weighted by molar-refractivity contribution is 5.80. The van der Waals surface area contributed by atoms with E-state index in [0.29, 0.717) is 16.5 Å². The van der Waals surface area contributed by atoms with Gasteiger partial charge in [-0.05, 0) is 18.2 Å². The quantitative estimate of drug-likeness (QED) is 0.754. The molecule has 0 radical (unpaired) electrons. The molecule has 0 spiro atoms. The van der Waals surface area contributed by atoms with Crippen LogP contribution in [0, 0.1) is 11.3 Å². The van der Waals surface area contributed by atoms with E-state index in [0.717, 1.165) is 0 Å². The molecular formula is C12H10N2O3. The SMILES string of the molecule is COC(O)c1cc(=O)c2cc(C#N)ccc2[nH]1. The number of ether oxygens (including phenoxy) is 1. The molecule has 1 heterocycles. The summed E-state index contributed by atoms with van der Waals surface area (Å²) < 4.78 is 4.72. The van der Waals surface area contributed by atoms with Gasteiger partial charge in [-0.3, -0.25) is 4.79 Å². The second kappa shape index (κ2) is 4.37. The summed E-state index contributed by atoms with van der Waals surface area (Å²) in [6, 6.07) is 7.97. The number of H-pyrrole nitrogens is 1. The van der Waals surface area contributed by atoms with Crippen molar-refractivity contribution in [2.75, 3.05) is 7.11 Å². The van der Waals surface area contributed by atoms with E-state index in [2.05, 4.69) is 4.98 Å². The number of pyridine rings is 1. The van der Waals surface area contributed by atoms with E-state index in [4.69, 9.17) is 10.00 Å². The number of nitriles is 1. The Bertz CT molecular complexity index is 655. The van der Waals surface area contributed by atoms with E-state index in [9.17, 15) is 9.90 Å². The summed E-state index contributed by atoms with van der Waals surface area (Å²) in [7, 11) is 1.34. The van der Waals surface area contributed by atoms with Gasteiger partial charge in [-0.1, -0.05) is 0 Å². The number of aromatic nitrogens is 1. The maximum absolute atomic E-state index is 11.8. The Morgan fingerprint density at radius 3 is 2.88 bits per heavy atom. The predicted molar refractivity (Wildman–Crippen MR) is 61.3 cm³/mol. The first kappa shape index (κ1) is 11.3. The summed E-state index contributed by atoms with van der Waals surface area (Å²) in [5, 5.41) is 18.6. The van der Waals surface area contributed by atoms with Crippen molar-refractivity contribution in [1.82, 2.24) is 4.98 Å². The van der Waals surface area contributed by atoms with Crippen molar-refractivity contribution in [2.45, 2.75) is 6.29 Å². The summed E-state index contributed by atoms with van der Waals surface area (Å²) in [5.74, 6) is 0. The molecule has 0 fully saturated rings. The third-order valence-electron chi connectivity index (χ3n) is 2.47. The first-order valence-electron chi connectivity index (χ1n) is 4.93. The number of aliphatic hydroxyl groups excluding tert-OH is 1. The van der Waals surface area contributed by atoms with Gasteiger partial charge in [0.15, 0.2) is 11.7 Å². The molecule has 1 unspecified atom stereocenters. The standard InChI is InChI=1S/C12H10N2O3/c1-17-12(16)10-5-11(15)8-4-7(6-13)2-3-9(8)14-10/h2-5,12,16H,1H3,(H,14,15). The van der Waals surface area contributed by atoms with Crippen molar-refractivity contribution in [2.24, 2.45) is 0 Å². The number of benzene rings is 1. The van der Waals surface area contributed by atoms with E-state index >= 15 is 0 Å². The van der Waals surface area contributed by atoms with Gasteiger partial charge in [-0.25, -0.2) is 0 Å². The van der Waals surface area contributed by atoms with Gasteiger partial charge in [0.1, 0.15) is 0 Å². The molecule has 86 valence electrons. The third-order valence-corrected chi connectivity index (χ3v) is 2.47. The van der Waals surface area contributed by atoms with E-state index in [1.54, 1.807) is 12.1 Å². The Kier molecular flexibility index (Phi) is 2.91. The van der Waals surface area contributed by atoms with Crippen LogP contribution in [0.1, 0.15) is 17.5 Å². The van der Waals surface area contributed by atoms with Gasteiger partial charge in [0.05, 0.1) is 17.3 Å². The lowest BCUT2D eigenvalue weighted by Crippen LogP contribution is -2.10. The molecule has 0 amide bonds. The summed E-state index contributed by atoms with van der Waals surface area (Å²) >= 11 is 0. The maximum atomic E-state index is 11.8. The Balaban J connectivity index is 2.69. The predicted octanol–water partition coefficient (Wildman–Crippen LogP) is 1.04. The number of aromatic amines is 1. The Hall–Kier alpha value is -2.16. The molecule has 5 heteroatoms. The highest BCUT2D eigenvalue weighted by Crippen LogP contribution is 2.14. The van der Waals surface area contributed by atoms with Gasteiger partial charge in [-0.2, -0.15) is 5.26 Å². The highest BCUT2D eigenvalue weighted by Gasteiger charge is 2.09. The highest BCUT2D eigenvalue weighted by atomic mass is 16.6. The van der Waals surface area contributed by atoms with Crippen LogP contribution in [0.3, 0.4) is 0 Å². The zero-order chi connectivity index (χ0) is 12.4. The topological polar surface area (TPSA) is 86.1 Å². The minimum atomic E-state index is -1.16. The summed E-state index contributed by atoms with van der Waals surface area (Å²) in [4.78, 5) is 14.7. The van der Waals surface area contributed by atoms with Crippen molar-refractivity contribution in [3.05, 3.63) is 45.7 Å². The molecule has 1 atom stereocenters. The number of fused-ring (bicyclic) bond motifs is 1. The van der Waals surface area contributed by atoms with Crippen LogP contribution in [0.4, 0.5) is 0 Å². The normalized spacial score (nSPS) is 12.3. The van der Waals surface area contributed by atoms with Gasteiger partial charge in [0.2, 0.25) is 0 Å². The second-order valence-corrected chi connectivity index (χ2v) is 3.55. The lowest BCUT2D eigenvalue weighted by Gasteiger charge is -2.09. The molecule has 0 aliphatic rings. The average molecular weight is 230 g/mol. The largest absolute Gasteiger partial charge is 0.363 e. The second-order valence-electron chi connectivity index (χ2n) is 3.55. The van der Waals surface area contributed by atoms with Crippen LogP contribution in [0.25, 0.3) is 10.9 Å². The number of aliphatic hydroxyl groups is 1. The molecular weight excluding hydrogens is 220 g/mol. The minimum absolute atomic E-state index is 0.262. The van der Waals surface area contributed by atoms with Gasteiger partial charge >= 0.3 is 0 Å². The van der Waals surface area contributed by atoms with Gasteiger partial charge < -0.3 is 14.8 Å². The summed E-state index contributed by atoms with van der Waals surface area (Å²) in [6.07, 6.45) is -1.16. The van der Waals surface area contributed by atoms with Crippen LogP contribution in [0.2, 0.25) is 0 Å². The Morgan fingerprint density at radius 1 is 1.47 bits per heavy atom. The number of hydrogen-bond acceptors (Lipinski definition) is 4. The van der Waals surface area contributed by atoms with Crippen LogP contribution >= 0.6 is 0 Å². The van der Waals surface area contributed by atoms with Crippen molar-refractivity contribution in [1.29, 1.82) is 5.26 Å². The summed E-state index contributed by atoms with van der Waals surface area (Å²) in [5.41, 5.74) is 1.00. The number of nitrogens with zero attached hydrogens (tertiary/aromatic N) is 1. The first-order valence-corrected chi connectivity index (χ1v) is 4.93. The fourth-order valence-corrected chi connectivity index (χ4v) is 1.60. The zero-order valence-corrected chi connectivity index (χ0v) is 9.10.